The predicted molar refractivity (Wildman–Crippen MR) is 151 cm³/mol. The Kier molecular flexibility index (Phi) is 6.00. The summed E-state index contributed by atoms with van der Waals surface area (Å²) in [4.78, 5) is 30.1. The monoisotopic (exact) mass is 542 g/mol. The summed E-state index contributed by atoms with van der Waals surface area (Å²) in [5.74, 6) is 1.71. The van der Waals surface area contributed by atoms with E-state index < -0.39 is 5.97 Å². The molecule has 2 bridgehead atoms. The van der Waals surface area contributed by atoms with Crippen LogP contribution in [-0.4, -0.2) is 65.1 Å². The van der Waals surface area contributed by atoms with Crippen molar-refractivity contribution in [3.05, 3.63) is 58.7 Å². The van der Waals surface area contributed by atoms with Gasteiger partial charge in [0.2, 0.25) is 5.91 Å². The topological polar surface area (TPSA) is 79.3 Å². The standard InChI is InChI=1S/C33H38N2O5/c1-19-5-4-6-21(15-19)9-12-29(38)34(3)25-11-10-24-26-16-23-28(39-20(2)36)17-27(37)31-30(23)33(24,32(25)40-31)13-14-35(26)18-22-7-8-22/h4-6,9,12,15,17,22,24-26,32,37H,7-8,10-11,13-14,16,18H2,1-3H3/t24-,25-,26+,32-,33-/m0/s1. The number of hydrogen-bond donors (Lipinski definition) is 1. The summed E-state index contributed by atoms with van der Waals surface area (Å²) in [6.07, 6.45) is 9.44. The molecule has 1 N–H and O–H groups in total. The normalized spacial score (nSPS) is 30.1. The van der Waals surface area contributed by atoms with Crippen molar-refractivity contribution < 1.29 is 24.2 Å². The van der Waals surface area contributed by atoms with Gasteiger partial charge in [0.25, 0.3) is 0 Å². The lowest BCUT2D eigenvalue weighted by Gasteiger charge is -2.60. The molecule has 210 valence electrons. The number of nitrogens with zero attached hydrogens (tertiary/aromatic N) is 2. The van der Waals surface area contributed by atoms with E-state index in [1.807, 2.05) is 43.1 Å². The molecule has 5 atom stereocenters. The minimum absolute atomic E-state index is 0.0171. The number of phenols is 1. The quantitative estimate of drug-likeness (QED) is 0.326. The highest BCUT2D eigenvalue weighted by Gasteiger charge is 2.67. The molecule has 1 saturated heterocycles. The van der Waals surface area contributed by atoms with Gasteiger partial charge in [-0.25, -0.2) is 0 Å². The number of carbonyl (C=O) groups is 2. The number of ether oxygens (including phenoxy) is 2. The molecule has 3 fully saturated rings. The lowest BCUT2D eigenvalue weighted by atomic mass is 9.50. The maximum absolute atomic E-state index is 13.5. The molecule has 1 spiro atoms. The molecule has 40 heavy (non-hydrogen) atoms. The second-order valence-corrected chi connectivity index (χ2v) is 12.7. The molecule has 0 radical (unpaired) electrons. The van der Waals surface area contributed by atoms with Gasteiger partial charge in [-0.1, -0.05) is 29.8 Å². The van der Waals surface area contributed by atoms with Crippen LogP contribution in [0.1, 0.15) is 61.3 Å². The van der Waals surface area contributed by atoms with E-state index >= 15 is 0 Å². The summed E-state index contributed by atoms with van der Waals surface area (Å²) in [6, 6.07) is 9.86. The molecule has 7 heteroatoms. The summed E-state index contributed by atoms with van der Waals surface area (Å²) >= 11 is 0. The average molecular weight is 543 g/mol. The van der Waals surface area contributed by atoms with E-state index in [2.05, 4.69) is 11.0 Å². The zero-order valence-corrected chi connectivity index (χ0v) is 23.6. The highest BCUT2D eigenvalue weighted by atomic mass is 16.5. The number of benzene rings is 2. The maximum Gasteiger partial charge on any atom is 0.308 e. The first-order valence-electron chi connectivity index (χ1n) is 14.8. The molecule has 2 saturated carbocycles. The van der Waals surface area contributed by atoms with Crippen LogP contribution >= 0.6 is 0 Å². The number of aromatic hydroxyl groups is 1. The van der Waals surface area contributed by atoms with Crippen molar-refractivity contribution in [1.29, 1.82) is 0 Å². The Morgan fingerprint density at radius 3 is 2.80 bits per heavy atom. The summed E-state index contributed by atoms with van der Waals surface area (Å²) in [5.41, 5.74) is 3.86. The number of hydrogen-bond acceptors (Lipinski definition) is 6. The minimum Gasteiger partial charge on any atom is -0.504 e. The molecule has 5 aliphatic rings. The fourth-order valence-corrected chi connectivity index (χ4v) is 8.37. The van der Waals surface area contributed by atoms with Crippen LogP contribution in [0, 0.1) is 18.8 Å². The second-order valence-electron chi connectivity index (χ2n) is 12.7. The Hall–Kier alpha value is -3.32. The van der Waals surface area contributed by atoms with Gasteiger partial charge in [-0.05, 0) is 75.5 Å². The third kappa shape index (κ3) is 3.96. The molecule has 3 aliphatic carbocycles. The van der Waals surface area contributed by atoms with Crippen LogP contribution in [0.5, 0.6) is 17.2 Å². The molecular formula is C33H38N2O5. The molecule has 1 amide bonds. The summed E-state index contributed by atoms with van der Waals surface area (Å²) in [7, 11) is 1.88. The van der Waals surface area contributed by atoms with Crippen LogP contribution in [0.15, 0.2) is 36.4 Å². The van der Waals surface area contributed by atoms with Gasteiger partial charge in [0.15, 0.2) is 11.5 Å². The molecular weight excluding hydrogens is 504 g/mol. The van der Waals surface area contributed by atoms with Crippen molar-refractivity contribution in [2.75, 3.05) is 20.1 Å². The molecule has 0 unspecified atom stereocenters. The number of likely N-dealkylation sites (tertiary alicyclic amines) is 1. The Morgan fingerprint density at radius 1 is 1.23 bits per heavy atom. The van der Waals surface area contributed by atoms with Crippen molar-refractivity contribution in [3.8, 4) is 17.2 Å². The zero-order valence-electron chi connectivity index (χ0n) is 23.6. The smallest absolute Gasteiger partial charge is 0.308 e. The van der Waals surface area contributed by atoms with E-state index in [0.29, 0.717) is 23.5 Å². The SMILES string of the molecule is CC(=O)Oc1cc(O)c2c3c1C[C@@H]1[C@@H]4CC[C@H](N(C)C(=O)C=Cc5cccc(C)c5)[C@H](O2)[C@]34CCN1CC1CC1. The van der Waals surface area contributed by atoms with Crippen molar-refractivity contribution in [2.45, 2.75) is 76.0 Å². The highest BCUT2D eigenvalue weighted by Crippen LogP contribution is 2.65. The van der Waals surface area contributed by atoms with E-state index in [9.17, 15) is 14.7 Å². The van der Waals surface area contributed by atoms with Gasteiger partial charge >= 0.3 is 5.97 Å². The van der Waals surface area contributed by atoms with E-state index in [-0.39, 0.29) is 29.2 Å². The summed E-state index contributed by atoms with van der Waals surface area (Å²) in [5, 5.41) is 11.1. The molecule has 7 rings (SSSR count). The number of rotatable bonds is 6. The van der Waals surface area contributed by atoms with Gasteiger partial charge in [0, 0.05) is 55.2 Å². The Morgan fingerprint density at radius 2 is 2.05 bits per heavy atom. The van der Waals surface area contributed by atoms with Crippen molar-refractivity contribution in [3.63, 3.8) is 0 Å². The highest BCUT2D eigenvalue weighted by molar-refractivity contribution is 5.92. The molecule has 2 heterocycles. The number of phenolic OH excluding ortho intramolecular Hbond substituents is 1. The van der Waals surface area contributed by atoms with E-state index in [4.69, 9.17) is 9.47 Å². The zero-order chi connectivity index (χ0) is 27.8. The molecule has 0 aromatic heterocycles. The summed E-state index contributed by atoms with van der Waals surface area (Å²) < 4.78 is 12.4. The Balaban J connectivity index is 1.26. The fraction of sp³-hybridized carbons (Fsp3) is 0.515. The first kappa shape index (κ1) is 25.6. The number of amides is 1. The van der Waals surface area contributed by atoms with Gasteiger partial charge in [0.05, 0.1) is 6.04 Å². The first-order chi connectivity index (χ1) is 19.3. The second kappa shape index (κ2) is 9.37. The van der Waals surface area contributed by atoms with Crippen LogP contribution < -0.4 is 9.47 Å². The summed E-state index contributed by atoms with van der Waals surface area (Å²) in [6.45, 7) is 5.55. The van der Waals surface area contributed by atoms with Crippen LogP contribution in [-0.2, 0) is 21.4 Å². The van der Waals surface area contributed by atoms with E-state index in [0.717, 1.165) is 66.9 Å². The third-order valence-electron chi connectivity index (χ3n) is 10.2. The molecule has 2 aromatic carbocycles. The average Bonchev–Trinajstić information content (AvgIpc) is 3.67. The van der Waals surface area contributed by atoms with Crippen molar-refractivity contribution in [1.82, 2.24) is 9.80 Å². The Labute approximate surface area is 235 Å². The lowest BCUT2D eigenvalue weighted by Crippen LogP contribution is -2.69. The first-order valence-corrected chi connectivity index (χ1v) is 14.8. The number of esters is 1. The largest absolute Gasteiger partial charge is 0.504 e. The Bertz CT molecular complexity index is 1410. The van der Waals surface area contributed by atoms with E-state index in [1.54, 1.807) is 12.1 Å². The van der Waals surface area contributed by atoms with Crippen LogP contribution in [0.3, 0.4) is 0 Å². The van der Waals surface area contributed by atoms with E-state index in [1.165, 1.54) is 19.8 Å². The number of likely N-dealkylation sites (N-methyl/N-ethyl adjacent to an activating group) is 1. The van der Waals surface area contributed by atoms with Gasteiger partial charge in [0.1, 0.15) is 11.9 Å². The number of aryl methyl sites for hydroxylation is 1. The number of piperidine rings is 1. The number of carbonyl (C=O) groups excluding carboxylic acids is 2. The predicted octanol–water partition coefficient (Wildman–Crippen LogP) is 4.62. The van der Waals surface area contributed by atoms with Gasteiger partial charge in [-0.2, -0.15) is 0 Å². The van der Waals surface area contributed by atoms with Gasteiger partial charge in [-0.15, -0.1) is 0 Å². The molecule has 7 nitrogen and oxygen atoms in total. The molecule has 2 aliphatic heterocycles. The fourth-order valence-electron chi connectivity index (χ4n) is 8.37. The van der Waals surface area contributed by atoms with Crippen LogP contribution in [0.2, 0.25) is 0 Å². The molecule has 2 aromatic rings. The van der Waals surface area contributed by atoms with Crippen molar-refractivity contribution in [2.24, 2.45) is 11.8 Å². The van der Waals surface area contributed by atoms with Crippen LogP contribution in [0.25, 0.3) is 6.08 Å². The van der Waals surface area contributed by atoms with Crippen LogP contribution in [0.4, 0.5) is 0 Å². The maximum atomic E-state index is 13.5. The van der Waals surface area contributed by atoms with Crippen molar-refractivity contribution >= 4 is 18.0 Å². The lowest BCUT2D eigenvalue weighted by molar-refractivity contribution is -0.135. The van der Waals surface area contributed by atoms with Gasteiger partial charge in [-0.3, -0.25) is 14.5 Å². The van der Waals surface area contributed by atoms with Gasteiger partial charge < -0.3 is 19.5 Å². The minimum atomic E-state index is -0.391. The third-order valence-corrected chi connectivity index (χ3v) is 10.2.